The van der Waals surface area contributed by atoms with Crippen molar-refractivity contribution in [3.8, 4) is 11.5 Å². The van der Waals surface area contributed by atoms with Crippen molar-refractivity contribution in [3.05, 3.63) is 28.7 Å². The zero-order chi connectivity index (χ0) is 19.5. The van der Waals surface area contributed by atoms with Gasteiger partial charge in [0.25, 0.3) is 11.1 Å². The summed E-state index contributed by atoms with van der Waals surface area (Å²) < 4.78 is 15.7. The molecule has 0 atom stereocenters. The average Bonchev–Trinajstić information content (AvgIpc) is 2.80. The number of hydrogen-bond donors (Lipinski definition) is 0. The SMILES string of the molecule is COc1cccc(C=C2SC(=O)N(CC(=O)OC(C)(C)C)C2=O)c1OC. The number of methoxy groups -OCH3 is 2. The van der Waals surface area contributed by atoms with Crippen molar-refractivity contribution in [3.63, 3.8) is 0 Å². The van der Waals surface area contributed by atoms with Crippen LogP contribution in [0.2, 0.25) is 0 Å². The lowest BCUT2D eigenvalue weighted by Crippen LogP contribution is -2.37. The maximum absolute atomic E-state index is 12.5. The fraction of sp³-hybridized carbons (Fsp3) is 0.389. The highest BCUT2D eigenvalue weighted by Crippen LogP contribution is 2.37. The quantitative estimate of drug-likeness (QED) is 0.574. The average molecular weight is 379 g/mol. The van der Waals surface area contributed by atoms with E-state index in [-0.39, 0.29) is 4.91 Å². The maximum atomic E-state index is 12.5. The number of ether oxygens (including phenoxy) is 3. The molecule has 1 fully saturated rings. The molecule has 1 heterocycles. The number of amides is 2. The lowest BCUT2D eigenvalue weighted by molar-refractivity contribution is -0.156. The third kappa shape index (κ3) is 4.57. The lowest BCUT2D eigenvalue weighted by atomic mass is 10.1. The number of carbonyl (C=O) groups excluding carboxylic acids is 3. The summed E-state index contributed by atoms with van der Waals surface area (Å²) in [6, 6.07) is 5.21. The Morgan fingerprint density at radius 2 is 1.88 bits per heavy atom. The number of nitrogens with zero attached hydrogens (tertiary/aromatic N) is 1. The fourth-order valence-electron chi connectivity index (χ4n) is 2.31. The van der Waals surface area contributed by atoms with E-state index < -0.39 is 29.3 Å². The molecule has 0 aliphatic carbocycles. The molecule has 0 saturated carbocycles. The van der Waals surface area contributed by atoms with Gasteiger partial charge in [-0.15, -0.1) is 0 Å². The van der Waals surface area contributed by atoms with Gasteiger partial charge in [-0.1, -0.05) is 12.1 Å². The molecule has 26 heavy (non-hydrogen) atoms. The Hall–Kier alpha value is -2.48. The van der Waals surface area contributed by atoms with Crippen LogP contribution in [0.5, 0.6) is 11.5 Å². The Balaban J connectivity index is 2.23. The van der Waals surface area contributed by atoms with Crippen molar-refractivity contribution in [2.75, 3.05) is 20.8 Å². The van der Waals surface area contributed by atoms with Crippen molar-refractivity contribution in [2.45, 2.75) is 26.4 Å². The molecule has 0 spiro atoms. The molecule has 1 saturated heterocycles. The van der Waals surface area contributed by atoms with Crippen LogP contribution in [0.4, 0.5) is 4.79 Å². The normalized spacial score (nSPS) is 16.2. The topological polar surface area (TPSA) is 82.1 Å². The van der Waals surface area contributed by atoms with Gasteiger partial charge in [0.15, 0.2) is 11.5 Å². The van der Waals surface area contributed by atoms with Gasteiger partial charge in [-0.2, -0.15) is 0 Å². The zero-order valence-electron chi connectivity index (χ0n) is 15.3. The third-order valence-corrected chi connectivity index (χ3v) is 4.21. The van der Waals surface area contributed by atoms with Gasteiger partial charge in [0, 0.05) is 5.56 Å². The highest BCUT2D eigenvalue weighted by Gasteiger charge is 2.37. The monoisotopic (exact) mass is 379 g/mol. The van der Waals surface area contributed by atoms with Crippen LogP contribution in [0.25, 0.3) is 6.08 Å². The van der Waals surface area contributed by atoms with E-state index in [0.29, 0.717) is 17.1 Å². The largest absolute Gasteiger partial charge is 0.493 e. The van der Waals surface area contributed by atoms with Crippen molar-refractivity contribution >= 4 is 35.0 Å². The molecule has 1 aliphatic rings. The van der Waals surface area contributed by atoms with E-state index in [4.69, 9.17) is 14.2 Å². The first-order chi connectivity index (χ1) is 12.2. The van der Waals surface area contributed by atoms with Crippen LogP contribution < -0.4 is 9.47 Å². The highest BCUT2D eigenvalue weighted by molar-refractivity contribution is 8.18. The Morgan fingerprint density at radius 3 is 2.46 bits per heavy atom. The maximum Gasteiger partial charge on any atom is 0.326 e. The molecule has 0 aromatic heterocycles. The van der Waals surface area contributed by atoms with Crippen LogP contribution in [0.15, 0.2) is 23.1 Å². The molecule has 1 aliphatic heterocycles. The molecule has 7 nitrogen and oxygen atoms in total. The van der Waals surface area contributed by atoms with E-state index in [2.05, 4.69) is 0 Å². The van der Waals surface area contributed by atoms with E-state index in [1.165, 1.54) is 14.2 Å². The first-order valence-electron chi connectivity index (χ1n) is 7.84. The molecule has 2 rings (SSSR count). The van der Waals surface area contributed by atoms with Gasteiger partial charge >= 0.3 is 5.97 Å². The van der Waals surface area contributed by atoms with Crippen LogP contribution in [-0.4, -0.2) is 48.4 Å². The highest BCUT2D eigenvalue weighted by atomic mass is 32.2. The van der Waals surface area contributed by atoms with Crippen LogP contribution >= 0.6 is 11.8 Å². The van der Waals surface area contributed by atoms with Crippen LogP contribution in [0, 0.1) is 0 Å². The van der Waals surface area contributed by atoms with Gasteiger partial charge in [-0.25, -0.2) is 0 Å². The van der Waals surface area contributed by atoms with Gasteiger partial charge in [-0.05, 0) is 44.7 Å². The minimum absolute atomic E-state index is 0.199. The summed E-state index contributed by atoms with van der Waals surface area (Å²) in [7, 11) is 3.00. The van der Waals surface area contributed by atoms with Crippen molar-refractivity contribution in [2.24, 2.45) is 0 Å². The third-order valence-electron chi connectivity index (χ3n) is 3.30. The molecule has 2 amide bonds. The Morgan fingerprint density at radius 1 is 1.19 bits per heavy atom. The van der Waals surface area contributed by atoms with Gasteiger partial charge in [-0.3, -0.25) is 19.3 Å². The second-order valence-electron chi connectivity index (χ2n) is 6.44. The molecular weight excluding hydrogens is 358 g/mol. The molecule has 0 unspecified atom stereocenters. The molecule has 0 N–H and O–H groups in total. The zero-order valence-corrected chi connectivity index (χ0v) is 16.1. The summed E-state index contributed by atoms with van der Waals surface area (Å²) in [6.07, 6.45) is 1.54. The second kappa shape index (κ2) is 7.82. The van der Waals surface area contributed by atoms with Gasteiger partial charge in [0.1, 0.15) is 12.1 Å². The van der Waals surface area contributed by atoms with Crippen LogP contribution in [0.3, 0.4) is 0 Å². The molecule has 0 bridgehead atoms. The summed E-state index contributed by atoms with van der Waals surface area (Å²) >= 11 is 0.764. The van der Waals surface area contributed by atoms with E-state index >= 15 is 0 Å². The Bertz CT molecular complexity index is 765. The fourth-order valence-corrected chi connectivity index (χ4v) is 3.14. The van der Waals surface area contributed by atoms with Crippen molar-refractivity contribution in [1.82, 2.24) is 4.90 Å². The number of thioether (sulfide) groups is 1. The first-order valence-corrected chi connectivity index (χ1v) is 8.66. The summed E-state index contributed by atoms with van der Waals surface area (Å²) in [5.41, 5.74) is -0.0996. The molecule has 8 heteroatoms. The number of hydrogen-bond acceptors (Lipinski definition) is 7. The summed E-state index contributed by atoms with van der Waals surface area (Å²) in [5, 5.41) is -0.519. The molecule has 140 valence electrons. The Kier molecular flexibility index (Phi) is 5.97. The summed E-state index contributed by atoms with van der Waals surface area (Å²) in [5.74, 6) is -0.223. The van der Waals surface area contributed by atoms with Gasteiger partial charge in [0.05, 0.1) is 19.1 Å². The number of carbonyl (C=O) groups is 3. The van der Waals surface area contributed by atoms with Crippen LogP contribution in [-0.2, 0) is 14.3 Å². The van der Waals surface area contributed by atoms with E-state index in [1.807, 2.05) is 0 Å². The van der Waals surface area contributed by atoms with Gasteiger partial charge in [0.2, 0.25) is 0 Å². The molecular formula is C18H21NO6S. The first kappa shape index (κ1) is 19.8. The smallest absolute Gasteiger partial charge is 0.326 e. The predicted molar refractivity (Wildman–Crippen MR) is 98.1 cm³/mol. The molecule has 0 radical (unpaired) electrons. The van der Waals surface area contributed by atoms with E-state index in [0.717, 1.165) is 16.7 Å². The standard InChI is InChI=1S/C18H21NO6S/c1-18(2,3)25-14(20)10-19-16(21)13(26-17(19)22)9-11-7-6-8-12(23-4)15(11)24-5/h6-9H,10H2,1-5H3. The number of para-hydroxylation sites is 1. The van der Waals surface area contributed by atoms with Gasteiger partial charge < -0.3 is 14.2 Å². The number of imide groups is 1. The minimum Gasteiger partial charge on any atom is -0.493 e. The summed E-state index contributed by atoms with van der Waals surface area (Å²) in [4.78, 5) is 37.6. The van der Waals surface area contributed by atoms with Crippen LogP contribution in [0.1, 0.15) is 26.3 Å². The second-order valence-corrected chi connectivity index (χ2v) is 7.43. The predicted octanol–water partition coefficient (Wildman–Crippen LogP) is 3.08. The van der Waals surface area contributed by atoms with E-state index in [9.17, 15) is 14.4 Å². The minimum atomic E-state index is -0.692. The van der Waals surface area contributed by atoms with Crippen molar-refractivity contribution in [1.29, 1.82) is 0 Å². The van der Waals surface area contributed by atoms with E-state index in [1.54, 1.807) is 45.0 Å². The number of benzene rings is 1. The Labute approximate surface area is 156 Å². The summed E-state index contributed by atoms with van der Waals surface area (Å²) in [6.45, 7) is 4.73. The lowest BCUT2D eigenvalue weighted by Gasteiger charge is -2.21. The van der Waals surface area contributed by atoms with Crippen molar-refractivity contribution < 1.29 is 28.6 Å². The number of rotatable bonds is 5. The number of esters is 1. The molecule has 1 aromatic rings. The molecule has 1 aromatic carbocycles.